The number of hydrogen-bond acceptors (Lipinski definition) is 3. The number of carbonyl (C=O) groups excluding carboxylic acids is 1. The quantitative estimate of drug-likeness (QED) is 0.850. The highest BCUT2D eigenvalue weighted by atomic mass is 16.5. The Morgan fingerprint density at radius 2 is 2.15 bits per heavy atom. The molecule has 0 radical (unpaired) electrons. The molecule has 1 aromatic rings. The number of rotatable bonds is 1. The predicted molar refractivity (Wildman–Crippen MR) is 73.3 cm³/mol. The topological polar surface area (TPSA) is 66.8 Å². The van der Waals surface area contributed by atoms with Gasteiger partial charge >= 0.3 is 5.97 Å². The lowest BCUT2D eigenvalue weighted by molar-refractivity contribution is -0.139. The Morgan fingerprint density at radius 3 is 2.80 bits per heavy atom. The van der Waals surface area contributed by atoms with Crippen molar-refractivity contribution in [3.63, 3.8) is 0 Å². The highest BCUT2D eigenvalue weighted by Crippen LogP contribution is 2.46. The van der Waals surface area contributed by atoms with Crippen LogP contribution in [0.1, 0.15) is 37.3 Å². The average molecular weight is 275 g/mol. The number of carbonyl (C=O) groups is 2. The van der Waals surface area contributed by atoms with Gasteiger partial charge in [-0.15, -0.1) is 0 Å². The van der Waals surface area contributed by atoms with E-state index >= 15 is 0 Å². The van der Waals surface area contributed by atoms with Crippen molar-refractivity contribution >= 4 is 17.6 Å². The van der Waals surface area contributed by atoms with Gasteiger partial charge in [0, 0.05) is 19.9 Å². The largest absolute Gasteiger partial charge is 0.488 e. The van der Waals surface area contributed by atoms with Crippen LogP contribution in [-0.4, -0.2) is 29.6 Å². The number of nitrogens with zero attached hydrogens (tertiary/aromatic N) is 1. The van der Waals surface area contributed by atoms with Crippen molar-refractivity contribution in [2.24, 2.45) is 0 Å². The summed E-state index contributed by atoms with van der Waals surface area (Å²) in [6.07, 6.45) is 1.30. The van der Waals surface area contributed by atoms with Gasteiger partial charge in [-0.25, -0.2) is 0 Å². The van der Waals surface area contributed by atoms with Crippen LogP contribution in [0.15, 0.2) is 12.1 Å². The van der Waals surface area contributed by atoms with Crippen molar-refractivity contribution in [1.29, 1.82) is 0 Å². The van der Waals surface area contributed by atoms with Gasteiger partial charge in [-0.05, 0) is 24.5 Å². The van der Waals surface area contributed by atoms with Crippen molar-refractivity contribution in [1.82, 2.24) is 0 Å². The predicted octanol–water partition coefficient (Wildman–Crippen LogP) is 1.93. The molecular weight excluding hydrogens is 258 g/mol. The van der Waals surface area contributed by atoms with E-state index in [1.54, 1.807) is 4.90 Å². The van der Waals surface area contributed by atoms with Crippen LogP contribution in [-0.2, 0) is 16.0 Å². The second-order valence-corrected chi connectivity index (χ2v) is 5.47. The van der Waals surface area contributed by atoms with Crippen LogP contribution in [0.25, 0.3) is 0 Å². The van der Waals surface area contributed by atoms with Gasteiger partial charge in [0.05, 0.1) is 11.6 Å². The number of hydrogen-bond donors (Lipinski definition) is 1. The highest BCUT2D eigenvalue weighted by molar-refractivity contribution is 5.97. The number of fused-ring (bicyclic) bond motifs is 3. The molecule has 1 aromatic carbocycles. The van der Waals surface area contributed by atoms with Crippen molar-refractivity contribution in [3.05, 3.63) is 23.3 Å². The number of amides is 1. The maximum atomic E-state index is 11.8. The Morgan fingerprint density at radius 1 is 1.40 bits per heavy atom. The van der Waals surface area contributed by atoms with Gasteiger partial charge in [0.2, 0.25) is 5.91 Å². The zero-order valence-electron chi connectivity index (χ0n) is 11.5. The van der Waals surface area contributed by atoms with E-state index in [0.29, 0.717) is 30.0 Å². The summed E-state index contributed by atoms with van der Waals surface area (Å²) in [6, 6.07) is 3.76. The van der Waals surface area contributed by atoms with E-state index in [0.717, 1.165) is 12.0 Å². The molecule has 0 aromatic heterocycles. The first-order valence-corrected chi connectivity index (χ1v) is 6.82. The van der Waals surface area contributed by atoms with Gasteiger partial charge in [0.25, 0.3) is 0 Å². The number of aliphatic carboxylic acids is 1. The van der Waals surface area contributed by atoms with E-state index in [-0.39, 0.29) is 12.0 Å². The minimum Gasteiger partial charge on any atom is -0.488 e. The first kappa shape index (κ1) is 13.0. The van der Waals surface area contributed by atoms with Gasteiger partial charge in [0.1, 0.15) is 11.9 Å². The van der Waals surface area contributed by atoms with Gasteiger partial charge in [-0.2, -0.15) is 0 Å². The van der Waals surface area contributed by atoms with E-state index in [4.69, 9.17) is 4.74 Å². The van der Waals surface area contributed by atoms with E-state index in [1.165, 1.54) is 6.92 Å². The number of anilines is 1. The number of carboxylic acids is 1. The van der Waals surface area contributed by atoms with Gasteiger partial charge < -0.3 is 14.7 Å². The molecule has 0 aliphatic carbocycles. The standard InChI is InChI=1S/C15H17NO4/c1-8-7-10-3-4-11-12(15(18)19)5-6-16(9(2)17)13(11)14(10)20-8/h3-4,8,12H,5-7H2,1-2H3,(H,18,19). The Balaban J connectivity index is 2.18. The summed E-state index contributed by atoms with van der Waals surface area (Å²) in [4.78, 5) is 24.9. The smallest absolute Gasteiger partial charge is 0.311 e. The summed E-state index contributed by atoms with van der Waals surface area (Å²) < 4.78 is 5.83. The molecule has 3 rings (SSSR count). The zero-order valence-corrected chi connectivity index (χ0v) is 11.5. The average Bonchev–Trinajstić information content (AvgIpc) is 2.77. The second kappa shape index (κ2) is 4.51. The number of ether oxygens (including phenoxy) is 1. The maximum absolute atomic E-state index is 11.8. The molecular formula is C15H17NO4. The van der Waals surface area contributed by atoms with Crippen molar-refractivity contribution in [2.75, 3.05) is 11.4 Å². The van der Waals surface area contributed by atoms with Gasteiger partial charge in [0.15, 0.2) is 0 Å². The molecule has 5 heteroatoms. The third-order valence-corrected chi connectivity index (χ3v) is 4.04. The molecule has 1 N–H and O–H groups in total. The monoisotopic (exact) mass is 275 g/mol. The van der Waals surface area contributed by atoms with Crippen molar-refractivity contribution < 1.29 is 19.4 Å². The fourth-order valence-corrected chi connectivity index (χ4v) is 3.13. The fraction of sp³-hybridized carbons (Fsp3) is 0.467. The first-order chi connectivity index (χ1) is 9.49. The molecule has 106 valence electrons. The van der Waals surface area contributed by atoms with Crippen molar-refractivity contribution in [3.8, 4) is 5.75 Å². The summed E-state index contributed by atoms with van der Waals surface area (Å²) in [5, 5.41) is 9.37. The van der Waals surface area contributed by atoms with Crippen LogP contribution < -0.4 is 9.64 Å². The van der Waals surface area contributed by atoms with Gasteiger partial charge in [-0.3, -0.25) is 9.59 Å². The molecule has 2 aliphatic rings. The van der Waals surface area contributed by atoms with Crippen LogP contribution in [0, 0.1) is 0 Å². The molecule has 5 nitrogen and oxygen atoms in total. The number of benzene rings is 1. The Labute approximate surface area is 117 Å². The van der Waals surface area contributed by atoms with E-state index in [9.17, 15) is 14.7 Å². The van der Waals surface area contributed by atoms with Crippen LogP contribution >= 0.6 is 0 Å². The Kier molecular flexibility index (Phi) is 2.92. The number of carboxylic acid groups (broad SMARTS) is 1. The Hall–Kier alpha value is -2.04. The molecule has 2 heterocycles. The second-order valence-electron chi connectivity index (χ2n) is 5.47. The molecule has 2 atom stereocenters. The lowest BCUT2D eigenvalue weighted by Crippen LogP contribution is -2.37. The van der Waals surface area contributed by atoms with Crippen LogP contribution in [0.2, 0.25) is 0 Å². The first-order valence-electron chi connectivity index (χ1n) is 6.82. The van der Waals surface area contributed by atoms with E-state index < -0.39 is 11.9 Å². The van der Waals surface area contributed by atoms with Crippen LogP contribution in [0.5, 0.6) is 5.75 Å². The molecule has 1 amide bonds. The molecule has 0 fully saturated rings. The molecule has 0 saturated carbocycles. The van der Waals surface area contributed by atoms with E-state index in [1.807, 2.05) is 19.1 Å². The minimum absolute atomic E-state index is 0.0653. The lowest BCUT2D eigenvalue weighted by Gasteiger charge is -2.33. The lowest BCUT2D eigenvalue weighted by atomic mass is 9.88. The zero-order chi connectivity index (χ0) is 14.4. The SMILES string of the molecule is CC(=O)N1CCC(C(=O)O)c2ccc3c(c21)OC(C)C3. The molecule has 0 saturated heterocycles. The maximum Gasteiger partial charge on any atom is 0.311 e. The van der Waals surface area contributed by atoms with Gasteiger partial charge in [-0.1, -0.05) is 12.1 Å². The van der Waals surface area contributed by atoms with Crippen molar-refractivity contribution in [2.45, 2.75) is 38.7 Å². The van der Waals surface area contributed by atoms with E-state index in [2.05, 4.69) is 0 Å². The summed E-state index contributed by atoms with van der Waals surface area (Å²) in [5.74, 6) is -0.798. The fourth-order valence-electron chi connectivity index (χ4n) is 3.13. The summed E-state index contributed by atoms with van der Waals surface area (Å²) >= 11 is 0. The highest BCUT2D eigenvalue weighted by Gasteiger charge is 2.36. The molecule has 0 spiro atoms. The third-order valence-electron chi connectivity index (χ3n) is 4.04. The molecule has 0 bridgehead atoms. The Bertz CT molecular complexity index is 596. The molecule has 20 heavy (non-hydrogen) atoms. The normalized spacial score (nSPS) is 23.8. The molecule has 2 unspecified atom stereocenters. The van der Waals surface area contributed by atoms with Crippen LogP contribution in [0.4, 0.5) is 5.69 Å². The summed E-state index contributed by atoms with van der Waals surface area (Å²) in [6.45, 7) is 3.90. The van der Waals surface area contributed by atoms with Crippen LogP contribution in [0.3, 0.4) is 0 Å². The minimum atomic E-state index is -0.847. The third kappa shape index (κ3) is 1.85. The summed E-state index contributed by atoms with van der Waals surface area (Å²) in [7, 11) is 0. The summed E-state index contributed by atoms with van der Waals surface area (Å²) in [5.41, 5.74) is 2.40. The molecule has 2 aliphatic heterocycles.